The van der Waals surface area contributed by atoms with Crippen LogP contribution in [0.15, 0.2) is 24.3 Å². The number of hydrogen-bond acceptors (Lipinski definition) is 4. The molecule has 1 amide bonds. The van der Waals surface area contributed by atoms with E-state index in [-0.39, 0.29) is 25.7 Å². The van der Waals surface area contributed by atoms with Crippen LogP contribution in [-0.2, 0) is 9.53 Å². The van der Waals surface area contributed by atoms with Crippen molar-refractivity contribution in [2.45, 2.75) is 25.8 Å². The number of methoxy groups -OCH3 is 1. The molecule has 5 heteroatoms. The second-order valence-corrected chi connectivity index (χ2v) is 4.92. The zero-order chi connectivity index (χ0) is 15.0. The number of aliphatic hydroxyl groups excluding tert-OH is 1. The Bertz CT molecular complexity index is 420. The molecule has 0 aliphatic heterocycles. The largest absolute Gasteiger partial charge is 0.484 e. The van der Waals surface area contributed by atoms with E-state index in [4.69, 9.17) is 14.6 Å². The average Bonchev–Trinajstić information content (AvgIpc) is 2.45. The summed E-state index contributed by atoms with van der Waals surface area (Å²) in [4.78, 5) is 11.7. The van der Waals surface area contributed by atoms with Gasteiger partial charge in [0.15, 0.2) is 6.61 Å². The standard InChI is InChI=1S/C15H23NO4/c1-11(2)12-5-4-6-14(7-12)20-10-15(18)16-13(8-17)9-19-3/h4-7,11,13,17H,8-10H2,1-3H3,(H,16,18). The van der Waals surface area contributed by atoms with E-state index >= 15 is 0 Å². The van der Waals surface area contributed by atoms with Crippen LogP contribution in [0.2, 0.25) is 0 Å². The first-order chi connectivity index (χ1) is 9.56. The van der Waals surface area contributed by atoms with Crippen molar-refractivity contribution in [1.82, 2.24) is 5.32 Å². The molecule has 112 valence electrons. The number of aliphatic hydroxyl groups is 1. The minimum absolute atomic E-state index is 0.0816. The van der Waals surface area contributed by atoms with Gasteiger partial charge in [0, 0.05) is 7.11 Å². The van der Waals surface area contributed by atoms with Gasteiger partial charge in [-0.15, -0.1) is 0 Å². The molecular formula is C15H23NO4. The van der Waals surface area contributed by atoms with E-state index in [0.717, 1.165) is 5.56 Å². The van der Waals surface area contributed by atoms with Crippen LogP contribution < -0.4 is 10.1 Å². The number of rotatable bonds is 8. The molecule has 0 radical (unpaired) electrons. The van der Waals surface area contributed by atoms with Gasteiger partial charge in [-0.25, -0.2) is 0 Å². The third-order valence-corrected chi connectivity index (χ3v) is 2.85. The van der Waals surface area contributed by atoms with Crippen molar-refractivity contribution in [2.75, 3.05) is 26.9 Å². The molecule has 0 aromatic heterocycles. The molecule has 1 aromatic rings. The number of ether oxygens (including phenoxy) is 2. The summed E-state index contributed by atoms with van der Waals surface area (Å²) in [5.41, 5.74) is 1.16. The fourth-order valence-electron chi connectivity index (χ4n) is 1.72. The van der Waals surface area contributed by atoms with Crippen LogP contribution in [0, 0.1) is 0 Å². The van der Waals surface area contributed by atoms with Crippen LogP contribution in [0.4, 0.5) is 0 Å². The summed E-state index contributed by atoms with van der Waals surface area (Å²) in [5.74, 6) is 0.794. The molecule has 1 atom stereocenters. The first-order valence-corrected chi connectivity index (χ1v) is 6.68. The van der Waals surface area contributed by atoms with Gasteiger partial charge in [-0.1, -0.05) is 26.0 Å². The van der Waals surface area contributed by atoms with Crippen LogP contribution in [0.3, 0.4) is 0 Å². The van der Waals surface area contributed by atoms with Crippen molar-refractivity contribution >= 4 is 5.91 Å². The van der Waals surface area contributed by atoms with E-state index in [1.807, 2.05) is 24.3 Å². The number of benzene rings is 1. The van der Waals surface area contributed by atoms with Crippen LogP contribution in [-0.4, -0.2) is 44.0 Å². The van der Waals surface area contributed by atoms with Crippen LogP contribution in [0.1, 0.15) is 25.3 Å². The zero-order valence-electron chi connectivity index (χ0n) is 12.3. The number of amides is 1. The second kappa shape index (κ2) is 8.55. The highest BCUT2D eigenvalue weighted by atomic mass is 16.5. The van der Waals surface area contributed by atoms with Crippen molar-refractivity contribution in [3.63, 3.8) is 0 Å². The van der Waals surface area contributed by atoms with Crippen LogP contribution in [0.5, 0.6) is 5.75 Å². The maximum atomic E-state index is 11.7. The molecule has 0 fully saturated rings. The Balaban J connectivity index is 2.46. The van der Waals surface area contributed by atoms with E-state index in [1.165, 1.54) is 7.11 Å². The fourth-order valence-corrected chi connectivity index (χ4v) is 1.72. The fraction of sp³-hybridized carbons (Fsp3) is 0.533. The van der Waals surface area contributed by atoms with Crippen molar-refractivity contribution in [3.05, 3.63) is 29.8 Å². The highest BCUT2D eigenvalue weighted by molar-refractivity contribution is 5.77. The lowest BCUT2D eigenvalue weighted by atomic mass is 10.0. The molecule has 0 aliphatic carbocycles. The molecule has 20 heavy (non-hydrogen) atoms. The van der Waals surface area contributed by atoms with Crippen molar-refractivity contribution in [1.29, 1.82) is 0 Å². The van der Waals surface area contributed by atoms with Crippen molar-refractivity contribution in [2.24, 2.45) is 0 Å². The van der Waals surface area contributed by atoms with Gasteiger partial charge < -0.3 is 19.9 Å². The van der Waals surface area contributed by atoms with Gasteiger partial charge in [-0.2, -0.15) is 0 Å². The predicted octanol–water partition coefficient (Wildman–Crippen LogP) is 1.31. The minimum atomic E-state index is -0.405. The molecular weight excluding hydrogens is 258 g/mol. The Morgan fingerprint density at radius 2 is 2.15 bits per heavy atom. The molecule has 1 rings (SSSR count). The van der Waals surface area contributed by atoms with Gasteiger partial charge in [0.1, 0.15) is 5.75 Å². The summed E-state index contributed by atoms with van der Waals surface area (Å²) < 4.78 is 10.3. The zero-order valence-corrected chi connectivity index (χ0v) is 12.3. The van der Waals surface area contributed by atoms with Crippen molar-refractivity contribution < 1.29 is 19.4 Å². The number of carbonyl (C=O) groups is 1. The predicted molar refractivity (Wildman–Crippen MR) is 76.9 cm³/mol. The van der Waals surface area contributed by atoms with Gasteiger partial charge in [0.2, 0.25) is 0 Å². The second-order valence-electron chi connectivity index (χ2n) is 4.92. The number of hydrogen-bond donors (Lipinski definition) is 2. The Hall–Kier alpha value is -1.59. The molecule has 1 aromatic carbocycles. The first kappa shape index (κ1) is 16.5. The molecule has 0 saturated carbocycles. The lowest BCUT2D eigenvalue weighted by Gasteiger charge is -2.15. The van der Waals surface area contributed by atoms with Crippen LogP contribution in [0.25, 0.3) is 0 Å². The topological polar surface area (TPSA) is 67.8 Å². The molecule has 0 aliphatic rings. The summed E-state index contributed by atoms with van der Waals surface area (Å²) in [6.07, 6.45) is 0. The monoisotopic (exact) mass is 281 g/mol. The van der Waals surface area contributed by atoms with Crippen LogP contribution >= 0.6 is 0 Å². The summed E-state index contributed by atoms with van der Waals surface area (Å²) in [6, 6.07) is 7.27. The van der Waals surface area contributed by atoms with Crippen molar-refractivity contribution in [3.8, 4) is 5.75 Å². The quantitative estimate of drug-likeness (QED) is 0.754. The van der Waals surface area contributed by atoms with Gasteiger partial charge in [-0.3, -0.25) is 4.79 Å². The summed E-state index contributed by atoms with van der Waals surface area (Å²) in [6.45, 7) is 4.22. The molecule has 0 saturated heterocycles. The Morgan fingerprint density at radius 1 is 1.40 bits per heavy atom. The van der Waals surface area contributed by atoms with Gasteiger partial charge in [-0.05, 0) is 23.6 Å². The van der Waals surface area contributed by atoms with E-state index in [1.54, 1.807) is 0 Å². The van der Waals surface area contributed by atoms with E-state index in [2.05, 4.69) is 19.2 Å². The maximum Gasteiger partial charge on any atom is 0.258 e. The lowest BCUT2D eigenvalue weighted by molar-refractivity contribution is -0.124. The Morgan fingerprint density at radius 3 is 2.75 bits per heavy atom. The summed E-state index contributed by atoms with van der Waals surface area (Å²) in [5, 5.41) is 11.7. The normalized spacial score (nSPS) is 12.2. The smallest absolute Gasteiger partial charge is 0.258 e. The third-order valence-electron chi connectivity index (χ3n) is 2.85. The molecule has 0 bridgehead atoms. The molecule has 2 N–H and O–H groups in total. The molecule has 0 spiro atoms. The third kappa shape index (κ3) is 5.59. The Labute approximate surface area is 119 Å². The number of nitrogens with one attached hydrogen (secondary N) is 1. The van der Waals surface area contributed by atoms with E-state index < -0.39 is 6.04 Å². The average molecular weight is 281 g/mol. The highest BCUT2D eigenvalue weighted by Gasteiger charge is 2.11. The molecule has 0 heterocycles. The van der Waals surface area contributed by atoms with Gasteiger partial charge in [0.25, 0.3) is 5.91 Å². The van der Waals surface area contributed by atoms with Gasteiger partial charge in [0.05, 0.1) is 19.3 Å². The lowest BCUT2D eigenvalue weighted by Crippen LogP contribution is -2.42. The highest BCUT2D eigenvalue weighted by Crippen LogP contribution is 2.19. The summed E-state index contributed by atoms with van der Waals surface area (Å²) in [7, 11) is 1.52. The molecule has 1 unspecified atom stereocenters. The first-order valence-electron chi connectivity index (χ1n) is 6.68. The SMILES string of the molecule is COCC(CO)NC(=O)COc1cccc(C(C)C)c1. The van der Waals surface area contributed by atoms with Gasteiger partial charge >= 0.3 is 0 Å². The maximum absolute atomic E-state index is 11.7. The number of carbonyl (C=O) groups excluding carboxylic acids is 1. The van der Waals surface area contributed by atoms with E-state index in [0.29, 0.717) is 11.7 Å². The minimum Gasteiger partial charge on any atom is -0.484 e. The summed E-state index contributed by atoms with van der Waals surface area (Å²) >= 11 is 0. The Kier molecular flexibility index (Phi) is 7.04. The molecule has 5 nitrogen and oxygen atoms in total. The van der Waals surface area contributed by atoms with E-state index in [9.17, 15) is 4.79 Å².